The Hall–Kier alpha value is -2.41. The van der Waals surface area contributed by atoms with Crippen LogP contribution in [0.4, 0.5) is 0 Å². The van der Waals surface area contributed by atoms with E-state index in [4.69, 9.17) is 0 Å². The SMILES string of the molecule is CCCCN1C(=O)C(CC(C)C)NC(=O)C12CCN(Cc1ccc(C(=O)N3CCCC3)cc1)CC2. The maximum atomic E-state index is 13.4. The standard InChI is InChI=1S/C28H42N4O3/c1-4-5-16-32-26(34)24(19-21(2)3)29-27(35)28(32)12-17-30(18-13-28)20-22-8-10-23(11-9-22)25(33)31-14-6-7-15-31/h8-11,21,24H,4-7,12-20H2,1-3H3,(H,29,35). The van der Waals surface area contributed by atoms with Gasteiger partial charge in [0.25, 0.3) is 5.91 Å². The molecule has 1 unspecified atom stereocenters. The number of unbranched alkanes of at least 4 members (excludes halogenated alkanes) is 1. The molecule has 3 aliphatic heterocycles. The molecule has 4 rings (SSSR count). The molecule has 1 aromatic rings. The topological polar surface area (TPSA) is 73.0 Å². The highest BCUT2D eigenvalue weighted by molar-refractivity contribution is 6.00. The van der Waals surface area contributed by atoms with Crippen LogP contribution < -0.4 is 5.32 Å². The monoisotopic (exact) mass is 482 g/mol. The van der Waals surface area contributed by atoms with Gasteiger partial charge in [-0.1, -0.05) is 39.3 Å². The fourth-order valence-corrected chi connectivity index (χ4v) is 5.84. The van der Waals surface area contributed by atoms with E-state index in [9.17, 15) is 14.4 Å². The first-order valence-corrected chi connectivity index (χ1v) is 13.6. The molecular weight excluding hydrogens is 440 g/mol. The van der Waals surface area contributed by atoms with Gasteiger partial charge in [-0.05, 0) is 62.1 Å². The van der Waals surface area contributed by atoms with Crippen LogP contribution in [0.3, 0.4) is 0 Å². The molecular formula is C28H42N4O3. The lowest BCUT2D eigenvalue weighted by atomic mass is 9.80. The van der Waals surface area contributed by atoms with Gasteiger partial charge in [-0.2, -0.15) is 0 Å². The van der Waals surface area contributed by atoms with Crippen LogP contribution in [0.2, 0.25) is 0 Å². The number of carbonyl (C=O) groups is 3. The predicted molar refractivity (Wildman–Crippen MR) is 137 cm³/mol. The van der Waals surface area contributed by atoms with Gasteiger partial charge in [0.2, 0.25) is 11.8 Å². The van der Waals surface area contributed by atoms with Crippen molar-refractivity contribution in [2.45, 2.75) is 83.8 Å². The molecule has 0 bridgehead atoms. The Kier molecular flexibility index (Phi) is 8.15. The molecule has 3 aliphatic rings. The van der Waals surface area contributed by atoms with E-state index in [-0.39, 0.29) is 17.7 Å². The molecule has 35 heavy (non-hydrogen) atoms. The largest absolute Gasteiger partial charge is 0.342 e. The van der Waals surface area contributed by atoms with Crippen LogP contribution in [0.1, 0.15) is 81.6 Å². The van der Waals surface area contributed by atoms with E-state index in [1.54, 1.807) is 0 Å². The van der Waals surface area contributed by atoms with Crippen molar-refractivity contribution in [3.63, 3.8) is 0 Å². The highest BCUT2D eigenvalue weighted by Crippen LogP contribution is 2.34. The number of carbonyl (C=O) groups excluding carboxylic acids is 3. The van der Waals surface area contributed by atoms with Crippen LogP contribution in [0.15, 0.2) is 24.3 Å². The number of hydrogen-bond donors (Lipinski definition) is 1. The Morgan fingerprint density at radius 1 is 1.06 bits per heavy atom. The molecule has 3 heterocycles. The van der Waals surface area contributed by atoms with Gasteiger partial charge in [0.15, 0.2) is 0 Å². The Labute approximate surface area is 210 Å². The number of hydrogen-bond acceptors (Lipinski definition) is 4. The molecule has 0 aliphatic carbocycles. The summed E-state index contributed by atoms with van der Waals surface area (Å²) in [5.41, 5.74) is 1.21. The van der Waals surface area contributed by atoms with Gasteiger partial charge in [0.1, 0.15) is 11.6 Å². The highest BCUT2D eigenvalue weighted by atomic mass is 16.2. The molecule has 7 nitrogen and oxygen atoms in total. The van der Waals surface area contributed by atoms with Crippen molar-refractivity contribution in [3.8, 4) is 0 Å². The maximum absolute atomic E-state index is 13.4. The second-order valence-electron chi connectivity index (χ2n) is 11.0. The fourth-order valence-electron chi connectivity index (χ4n) is 5.84. The van der Waals surface area contributed by atoms with Gasteiger partial charge in [-0.25, -0.2) is 0 Å². The molecule has 0 aromatic heterocycles. The zero-order valence-corrected chi connectivity index (χ0v) is 21.7. The maximum Gasteiger partial charge on any atom is 0.253 e. The van der Waals surface area contributed by atoms with Crippen LogP contribution in [0.5, 0.6) is 0 Å². The van der Waals surface area contributed by atoms with Crippen LogP contribution >= 0.6 is 0 Å². The number of amides is 3. The van der Waals surface area contributed by atoms with Crippen molar-refractivity contribution < 1.29 is 14.4 Å². The van der Waals surface area contributed by atoms with Crippen molar-refractivity contribution in [1.29, 1.82) is 0 Å². The predicted octanol–water partition coefficient (Wildman–Crippen LogP) is 3.43. The highest BCUT2D eigenvalue weighted by Gasteiger charge is 2.53. The minimum absolute atomic E-state index is 0.0308. The molecule has 1 aromatic carbocycles. The summed E-state index contributed by atoms with van der Waals surface area (Å²) in [4.78, 5) is 45.6. The van der Waals surface area contributed by atoms with Gasteiger partial charge < -0.3 is 15.1 Å². The van der Waals surface area contributed by atoms with Gasteiger partial charge in [0, 0.05) is 44.8 Å². The number of rotatable bonds is 8. The summed E-state index contributed by atoms with van der Waals surface area (Å²) in [6.07, 6.45) is 6.12. The van der Waals surface area contributed by atoms with Gasteiger partial charge in [-0.3, -0.25) is 19.3 Å². The molecule has 7 heteroatoms. The second-order valence-corrected chi connectivity index (χ2v) is 11.0. The second kappa shape index (κ2) is 11.1. The van der Waals surface area contributed by atoms with Crippen molar-refractivity contribution in [1.82, 2.24) is 20.0 Å². The van der Waals surface area contributed by atoms with Crippen molar-refractivity contribution in [2.75, 3.05) is 32.7 Å². The van der Waals surface area contributed by atoms with E-state index in [0.717, 1.165) is 64.0 Å². The van der Waals surface area contributed by atoms with Crippen LogP contribution in [-0.4, -0.2) is 76.7 Å². The third-order valence-electron chi connectivity index (χ3n) is 7.93. The summed E-state index contributed by atoms with van der Waals surface area (Å²) < 4.78 is 0. The average molecular weight is 483 g/mol. The minimum atomic E-state index is -0.720. The van der Waals surface area contributed by atoms with Crippen LogP contribution in [0.25, 0.3) is 0 Å². The summed E-state index contributed by atoms with van der Waals surface area (Å²) in [6, 6.07) is 7.58. The molecule has 1 atom stereocenters. The Balaban J connectivity index is 1.39. The normalized spacial score (nSPS) is 22.8. The van der Waals surface area contributed by atoms with E-state index in [1.807, 2.05) is 21.9 Å². The summed E-state index contributed by atoms with van der Waals surface area (Å²) in [5, 5.41) is 3.08. The molecule has 1 spiro atoms. The van der Waals surface area contributed by atoms with E-state index in [0.29, 0.717) is 31.7 Å². The van der Waals surface area contributed by atoms with E-state index in [1.165, 1.54) is 5.56 Å². The van der Waals surface area contributed by atoms with Crippen molar-refractivity contribution in [2.24, 2.45) is 5.92 Å². The summed E-state index contributed by atoms with van der Waals surface area (Å²) in [7, 11) is 0. The number of piperidine rings is 1. The average Bonchev–Trinajstić information content (AvgIpc) is 3.39. The zero-order valence-electron chi connectivity index (χ0n) is 21.7. The lowest BCUT2D eigenvalue weighted by Crippen LogP contribution is -2.73. The van der Waals surface area contributed by atoms with Gasteiger partial charge in [0.05, 0.1) is 0 Å². The molecule has 3 fully saturated rings. The molecule has 1 N–H and O–H groups in total. The summed E-state index contributed by atoms with van der Waals surface area (Å²) >= 11 is 0. The zero-order chi connectivity index (χ0) is 25.0. The Bertz CT molecular complexity index is 899. The number of likely N-dealkylation sites (tertiary alicyclic amines) is 2. The van der Waals surface area contributed by atoms with E-state index in [2.05, 4.69) is 43.1 Å². The Morgan fingerprint density at radius 2 is 1.71 bits per heavy atom. The molecule has 3 saturated heterocycles. The van der Waals surface area contributed by atoms with Crippen LogP contribution in [0, 0.1) is 5.92 Å². The number of nitrogens with zero attached hydrogens (tertiary/aromatic N) is 3. The number of benzene rings is 1. The summed E-state index contributed by atoms with van der Waals surface area (Å²) in [5.74, 6) is 0.608. The van der Waals surface area contributed by atoms with Crippen molar-refractivity contribution in [3.05, 3.63) is 35.4 Å². The minimum Gasteiger partial charge on any atom is -0.342 e. The lowest BCUT2D eigenvalue weighted by molar-refractivity contribution is -0.161. The van der Waals surface area contributed by atoms with E-state index >= 15 is 0 Å². The lowest BCUT2D eigenvalue weighted by Gasteiger charge is -2.52. The van der Waals surface area contributed by atoms with Crippen LogP contribution in [-0.2, 0) is 16.1 Å². The molecule has 3 amide bonds. The summed E-state index contributed by atoms with van der Waals surface area (Å²) in [6.45, 7) is 11.0. The van der Waals surface area contributed by atoms with E-state index < -0.39 is 11.6 Å². The molecule has 0 saturated carbocycles. The van der Waals surface area contributed by atoms with Crippen molar-refractivity contribution >= 4 is 17.7 Å². The molecule has 0 radical (unpaired) electrons. The number of piperazine rings is 1. The van der Waals surface area contributed by atoms with Gasteiger partial charge in [-0.15, -0.1) is 0 Å². The first-order valence-electron chi connectivity index (χ1n) is 13.6. The third kappa shape index (κ3) is 5.55. The third-order valence-corrected chi connectivity index (χ3v) is 7.93. The first-order chi connectivity index (χ1) is 16.8. The quantitative estimate of drug-likeness (QED) is 0.616. The first kappa shape index (κ1) is 25.7. The Morgan fingerprint density at radius 3 is 2.31 bits per heavy atom. The number of nitrogens with one attached hydrogen (secondary N) is 1. The smallest absolute Gasteiger partial charge is 0.253 e. The fraction of sp³-hybridized carbons (Fsp3) is 0.679. The van der Waals surface area contributed by atoms with Gasteiger partial charge >= 0.3 is 0 Å². The molecule has 192 valence electrons.